The van der Waals surface area contributed by atoms with Crippen molar-refractivity contribution in [2.24, 2.45) is 11.7 Å². The number of ether oxygens (including phenoxy) is 1. The fraction of sp³-hybridized carbons (Fsp3) is 0.727. The average Bonchev–Trinajstić information content (AvgIpc) is 2.29. The fourth-order valence-electron chi connectivity index (χ4n) is 1.96. The Morgan fingerprint density at radius 3 is 2.06 bits per heavy atom. The van der Waals surface area contributed by atoms with Crippen LogP contribution < -0.4 is 5.73 Å². The second-order valence-corrected chi connectivity index (χ2v) is 4.38. The summed E-state index contributed by atoms with van der Waals surface area (Å²) < 4.78 is 5.02. The molecule has 0 aromatic rings. The van der Waals surface area contributed by atoms with Crippen LogP contribution in [0.4, 0.5) is 0 Å². The summed E-state index contributed by atoms with van der Waals surface area (Å²) in [5.41, 5.74) is 5.19. The van der Waals surface area contributed by atoms with Gasteiger partial charge in [0.15, 0.2) is 5.92 Å². The molecule has 0 saturated heterocycles. The molecule has 18 heavy (non-hydrogen) atoms. The Balaban J connectivity index is 2.64. The number of carbonyl (C=O) groups excluding carboxylic acids is 1. The van der Waals surface area contributed by atoms with E-state index >= 15 is 0 Å². The maximum atomic E-state index is 11.7. The van der Waals surface area contributed by atoms with Crippen molar-refractivity contribution < 1.29 is 29.3 Å². The predicted molar refractivity (Wildman–Crippen MR) is 59.7 cm³/mol. The molecule has 0 aromatic heterocycles. The summed E-state index contributed by atoms with van der Waals surface area (Å²) in [7, 11) is 0. The molecule has 7 heteroatoms. The molecule has 7 nitrogen and oxygen atoms in total. The molecule has 0 amide bonds. The van der Waals surface area contributed by atoms with Gasteiger partial charge in [0.25, 0.3) is 0 Å². The van der Waals surface area contributed by atoms with Gasteiger partial charge in [-0.3, -0.25) is 14.4 Å². The van der Waals surface area contributed by atoms with Crippen LogP contribution in [0.1, 0.15) is 32.1 Å². The maximum absolute atomic E-state index is 11.7. The number of hydrogen-bond acceptors (Lipinski definition) is 5. The zero-order valence-electron chi connectivity index (χ0n) is 9.87. The van der Waals surface area contributed by atoms with Crippen LogP contribution in [0.3, 0.4) is 0 Å². The monoisotopic (exact) mass is 259 g/mol. The number of rotatable bonds is 5. The molecule has 0 bridgehead atoms. The predicted octanol–water partition coefficient (Wildman–Crippen LogP) is -0.0250. The van der Waals surface area contributed by atoms with Crippen LogP contribution in [-0.4, -0.2) is 40.3 Å². The lowest BCUT2D eigenvalue weighted by Gasteiger charge is -2.24. The van der Waals surface area contributed by atoms with Crippen LogP contribution >= 0.6 is 0 Å². The van der Waals surface area contributed by atoms with E-state index in [4.69, 9.17) is 20.7 Å². The third-order valence-electron chi connectivity index (χ3n) is 3.00. The van der Waals surface area contributed by atoms with Gasteiger partial charge in [0, 0.05) is 0 Å². The first kappa shape index (κ1) is 14.4. The second kappa shape index (κ2) is 6.34. The Bertz CT molecular complexity index is 336. The second-order valence-electron chi connectivity index (χ2n) is 4.38. The minimum Gasteiger partial charge on any atom is -0.481 e. The van der Waals surface area contributed by atoms with Crippen molar-refractivity contribution in [2.75, 3.05) is 0 Å². The molecule has 102 valence electrons. The van der Waals surface area contributed by atoms with Gasteiger partial charge in [0.05, 0.1) is 0 Å². The number of carboxylic acid groups (broad SMARTS) is 2. The minimum absolute atomic E-state index is 0.325. The van der Waals surface area contributed by atoms with Gasteiger partial charge in [-0.05, 0) is 25.7 Å². The lowest BCUT2D eigenvalue weighted by Crippen LogP contribution is -2.47. The highest BCUT2D eigenvalue weighted by Gasteiger charge is 2.39. The van der Waals surface area contributed by atoms with Crippen LogP contribution in [0.5, 0.6) is 0 Å². The number of nitrogens with two attached hydrogens (primary N) is 1. The van der Waals surface area contributed by atoms with Gasteiger partial charge in [-0.1, -0.05) is 6.42 Å². The van der Waals surface area contributed by atoms with Crippen LogP contribution in [0.25, 0.3) is 0 Å². The summed E-state index contributed by atoms with van der Waals surface area (Å²) in [4.78, 5) is 33.2. The van der Waals surface area contributed by atoms with Crippen LogP contribution in [0.15, 0.2) is 0 Å². The summed E-state index contributed by atoms with van der Waals surface area (Å²) >= 11 is 0. The lowest BCUT2D eigenvalue weighted by atomic mass is 9.97. The zero-order valence-corrected chi connectivity index (χ0v) is 9.87. The first-order chi connectivity index (χ1) is 8.43. The van der Waals surface area contributed by atoms with E-state index in [1.807, 2.05) is 0 Å². The van der Waals surface area contributed by atoms with Crippen molar-refractivity contribution >= 4 is 17.9 Å². The molecular weight excluding hydrogens is 242 g/mol. The molecule has 1 aliphatic rings. The molecule has 0 spiro atoms. The SMILES string of the molecule is N[C@H](C(=O)O)C(C(=O)O)C(=O)OC1CCCCC1. The van der Waals surface area contributed by atoms with Crippen molar-refractivity contribution in [3.8, 4) is 0 Å². The van der Waals surface area contributed by atoms with Gasteiger partial charge in [0.2, 0.25) is 0 Å². The standard InChI is InChI=1S/C11H17NO6/c12-8(10(15)16)7(9(13)14)11(17)18-6-4-2-1-3-5-6/h6-8H,1-5,12H2,(H,13,14)(H,15,16)/t7?,8-/m0/s1. The van der Waals surface area contributed by atoms with Gasteiger partial charge < -0.3 is 20.7 Å². The highest BCUT2D eigenvalue weighted by Crippen LogP contribution is 2.21. The van der Waals surface area contributed by atoms with E-state index in [1.165, 1.54) is 0 Å². The van der Waals surface area contributed by atoms with E-state index < -0.39 is 29.9 Å². The summed E-state index contributed by atoms with van der Waals surface area (Å²) in [6, 6.07) is -1.79. The molecule has 2 atom stereocenters. The van der Waals surface area contributed by atoms with Gasteiger partial charge in [-0.15, -0.1) is 0 Å². The summed E-state index contributed by atoms with van der Waals surface area (Å²) in [5, 5.41) is 17.5. The molecule has 1 rings (SSSR count). The molecule has 1 unspecified atom stereocenters. The molecule has 0 aliphatic heterocycles. The zero-order chi connectivity index (χ0) is 13.7. The third kappa shape index (κ3) is 3.69. The summed E-state index contributed by atoms with van der Waals surface area (Å²) in [6.07, 6.45) is 3.93. The number of esters is 1. The van der Waals surface area contributed by atoms with Gasteiger partial charge in [-0.2, -0.15) is 0 Å². The maximum Gasteiger partial charge on any atom is 0.322 e. The highest BCUT2D eigenvalue weighted by atomic mass is 16.5. The lowest BCUT2D eigenvalue weighted by molar-refractivity contribution is -0.168. The van der Waals surface area contributed by atoms with E-state index in [0.717, 1.165) is 19.3 Å². The first-order valence-electron chi connectivity index (χ1n) is 5.85. The molecular formula is C11H17NO6. The number of carbonyl (C=O) groups is 3. The number of aliphatic carboxylic acids is 2. The quantitative estimate of drug-likeness (QED) is 0.467. The molecule has 1 fully saturated rings. The molecule has 0 aromatic carbocycles. The van der Waals surface area contributed by atoms with Crippen LogP contribution in [0, 0.1) is 5.92 Å². The van der Waals surface area contributed by atoms with Crippen LogP contribution in [0.2, 0.25) is 0 Å². The Morgan fingerprint density at radius 2 is 1.61 bits per heavy atom. The van der Waals surface area contributed by atoms with Crippen LogP contribution in [-0.2, 0) is 19.1 Å². The Morgan fingerprint density at radius 1 is 1.06 bits per heavy atom. The fourth-order valence-corrected chi connectivity index (χ4v) is 1.96. The van der Waals surface area contributed by atoms with Crippen molar-refractivity contribution in [3.05, 3.63) is 0 Å². The summed E-state index contributed by atoms with van der Waals surface area (Å²) in [5.74, 6) is -6.04. The first-order valence-corrected chi connectivity index (χ1v) is 5.85. The third-order valence-corrected chi connectivity index (χ3v) is 3.00. The highest BCUT2D eigenvalue weighted by molar-refractivity contribution is 5.99. The molecule has 0 radical (unpaired) electrons. The van der Waals surface area contributed by atoms with Crippen molar-refractivity contribution in [3.63, 3.8) is 0 Å². The van der Waals surface area contributed by atoms with Crippen molar-refractivity contribution in [2.45, 2.75) is 44.2 Å². The van der Waals surface area contributed by atoms with E-state index in [0.29, 0.717) is 12.8 Å². The molecule has 0 heterocycles. The smallest absolute Gasteiger partial charge is 0.322 e. The van der Waals surface area contributed by atoms with E-state index in [-0.39, 0.29) is 6.10 Å². The Kier molecular flexibility index (Phi) is 5.08. The topological polar surface area (TPSA) is 127 Å². The molecule has 4 N–H and O–H groups in total. The minimum atomic E-state index is -1.86. The van der Waals surface area contributed by atoms with Crippen molar-refractivity contribution in [1.29, 1.82) is 0 Å². The molecule has 1 aliphatic carbocycles. The van der Waals surface area contributed by atoms with Gasteiger partial charge in [-0.25, -0.2) is 0 Å². The average molecular weight is 259 g/mol. The Labute approximate surface area is 104 Å². The molecule has 1 saturated carbocycles. The van der Waals surface area contributed by atoms with E-state index in [2.05, 4.69) is 0 Å². The Hall–Kier alpha value is -1.63. The summed E-state index contributed by atoms with van der Waals surface area (Å²) in [6.45, 7) is 0. The number of hydrogen-bond donors (Lipinski definition) is 3. The van der Waals surface area contributed by atoms with Crippen molar-refractivity contribution in [1.82, 2.24) is 0 Å². The largest absolute Gasteiger partial charge is 0.481 e. The van der Waals surface area contributed by atoms with E-state index in [9.17, 15) is 14.4 Å². The van der Waals surface area contributed by atoms with E-state index in [1.54, 1.807) is 0 Å². The van der Waals surface area contributed by atoms with Gasteiger partial charge in [0.1, 0.15) is 12.1 Å². The van der Waals surface area contributed by atoms with Gasteiger partial charge >= 0.3 is 17.9 Å². The number of carboxylic acids is 2. The normalized spacial score (nSPS) is 19.8.